The molecule has 1 unspecified atom stereocenters. The van der Waals surface area contributed by atoms with Gasteiger partial charge in [-0.15, -0.1) is 0 Å². The number of rotatable bonds is 2. The molecular formula is C11H22N2. The lowest BCUT2D eigenvalue weighted by Gasteiger charge is -2.29. The van der Waals surface area contributed by atoms with Crippen molar-refractivity contribution < 1.29 is 0 Å². The van der Waals surface area contributed by atoms with Crippen LogP contribution >= 0.6 is 0 Å². The lowest BCUT2D eigenvalue weighted by atomic mass is 10.0. The van der Waals surface area contributed by atoms with E-state index in [9.17, 15) is 0 Å². The lowest BCUT2D eigenvalue weighted by molar-refractivity contribution is 0.187. The van der Waals surface area contributed by atoms with Gasteiger partial charge in [-0.3, -0.25) is 4.90 Å². The molecule has 2 nitrogen and oxygen atoms in total. The van der Waals surface area contributed by atoms with Crippen molar-refractivity contribution in [3.8, 4) is 0 Å². The van der Waals surface area contributed by atoms with Crippen LogP contribution < -0.4 is 5.73 Å². The highest BCUT2D eigenvalue weighted by Gasteiger charge is 2.46. The lowest BCUT2D eigenvalue weighted by Crippen LogP contribution is -2.43. The van der Waals surface area contributed by atoms with E-state index in [0.29, 0.717) is 5.54 Å². The van der Waals surface area contributed by atoms with E-state index in [1.165, 1.54) is 45.2 Å². The summed E-state index contributed by atoms with van der Waals surface area (Å²) in [5, 5.41) is 0. The standard InChI is InChI=1S/C11H22N2/c1-10-3-2-7-13(8-4-10)11(9-12)5-6-11/h10H,2-9,12H2,1H3. The van der Waals surface area contributed by atoms with E-state index in [1.54, 1.807) is 0 Å². The first-order valence-electron chi connectivity index (χ1n) is 5.72. The predicted octanol–water partition coefficient (Wildman–Crippen LogP) is 1.60. The van der Waals surface area contributed by atoms with Crippen molar-refractivity contribution >= 4 is 0 Å². The normalized spacial score (nSPS) is 34.2. The zero-order chi connectivity index (χ0) is 9.31. The van der Waals surface area contributed by atoms with Crippen molar-refractivity contribution in [3.63, 3.8) is 0 Å². The van der Waals surface area contributed by atoms with Gasteiger partial charge in [-0.1, -0.05) is 6.92 Å². The van der Waals surface area contributed by atoms with Crippen molar-refractivity contribution in [2.75, 3.05) is 19.6 Å². The topological polar surface area (TPSA) is 29.3 Å². The van der Waals surface area contributed by atoms with E-state index < -0.39 is 0 Å². The minimum Gasteiger partial charge on any atom is -0.329 e. The largest absolute Gasteiger partial charge is 0.329 e. The Kier molecular flexibility index (Phi) is 2.61. The molecule has 1 heterocycles. The molecule has 1 atom stereocenters. The molecule has 0 amide bonds. The molecule has 0 aromatic heterocycles. The summed E-state index contributed by atoms with van der Waals surface area (Å²) in [6.07, 6.45) is 6.86. The van der Waals surface area contributed by atoms with Crippen molar-refractivity contribution in [1.82, 2.24) is 4.90 Å². The van der Waals surface area contributed by atoms with Gasteiger partial charge in [0, 0.05) is 12.1 Å². The highest BCUT2D eigenvalue weighted by Crippen LogP contribution is 2.41. The minimum absolute atomic E-state index is 0.448. The Morgan fingerprint density at radius 2 is 2.08 bits per heavy atom. The van der Waals surface area contributed by atoms with E-state index in [1.807, 2.05) is 0 Å². The van der Waals surface area contributed by atoms with Crippen LogP contribution in [0.2, 0.25) is 0 Å². The highest BCUT2D eigenvalue weighted by molar-refractivity contribution is 5.04. The molecule has 2 aliphatic rings. The summed E-state index contributed by atoms with van der Waals surface area (Å²) >= 11 is 0. The second-order valence-electron chi connectivity index (χ2n) is 4.95. The van der Waals surface area contributed by atoms with Gasteiger partial charge in [0.1, 0.15) is 0 Å². The SMILES string of the molecule is CC1CCCN(C2(CN)CC2)CC1. The van der Waals surface area contributed by atoms with Crippen molar-refractivity contribution in [2.45, 2.75) is 44.6 Å². The van der Waals surface area contributed by atoms with Crippen LogP contribution in [0.15, 0.2) is 0 Å². The molecule has 2 N–H and O–H groups in total. The maximum atomic E-state index is 5.84. The Morgan fingerprint density at radius 1 is 1.31 bits per heavy atom. The van der Waals surface area contributed by atoms with Crippen LogP contribution in [-0.4, -0.2) is 30.1 Å². The van der Waals surface area contributed by atoms with Gasteiger partial charge in [0.15, 0.2) is 0 Å². The molecule has 1 aliphatic carbocycles. The Labute approximate surface area is 81.5 Å². The monoisotopic (exact) mass is 182 g/mol. The molecule has 0 aromatic rings. The average Bonchev–Trinajstić information content (AvgIpc) is 2.89. The van der Waals surface area contributed by atoms with Gasteiger partial charge in [0.2, 0.25) is 0 Å². The molecule has 2 heteroatoms. The molecule has 1 saturated heterocycles. The zero-order valence-electron chi connectivity index (χ0n) is 8.76. The highest BCUT2D eigenvalue weighted by atomic mass is 15.2. The summed E-state index contributed by atoms with van der Waals surface area (Å²) in [4.78, 5) is 2.66. The maximum Gasteiger partial charge on any atom is 0.0333 e. The maximum absolute atomic E-state index is 5.84. The van der Waals surface area contributed by atoms with E-state index in [4.69, 9.17) is 5.73 Å². The van der Waals surface area contributed by atoms with Crippen LogP contribution in [0.4, 0.5) is 0 Å². The van der Waals surface area contributed by atoms with Crippen LogP contribution in [0.5, 0.6) is 0 Å². The van der Waals surface area contributed by atoms with Crippen molar-refractivity contribution in [3.05, 3.63) is 0 Å². The number of hydrogen-bond donors (Lipinski definition) is 1. The number of likely N-dealkylation sites (tertiary alicyclic amines) is 1. The Morgan fingerprint density at radius 3 is 2.69 bits per heavy atom. The quantitative estimate of drug-likeness (QED) is 0.703. The molecule has 1 aliphatic heterocycles. The second kappa shape index (κ2) is 3.58. The van der Waals surface area contributed by atoms with Gasteiger partial charge in [0.25, 0.3) is 0 Å². The van der Waals surface area contributed by atoms with E-state index in [2.05, 4.69) is 11.8 Å². The first-order chi connectivity index (χ1) is 6.27. The molecule has 13 heavy (non-hydrogen) atoms. The zero-order valence-corrected chi connectivity index (χ0v) is 8.76. The van der Waals surface area contributed by atoms with E-state index in [-0.39, 0.29) is 0 Å². The van der Waals surface area contributed by atoms with E-state index >= 15 is 0 Å². The summed E-state index contributed by atoms with van der Waals surface area (Å²) in [5.74, 6) is 0.929. The molecule has 2 fully saturated rings. The third-order valence-corrected chi connectivity index (χ3v) is 3.89. The predicted molar refractivity (Wildman–Crippen MR) is 55.6 cm³/mol. The summed E-state index contributed by atoms with van der Waals surface area (Å²) in [7, 11) is 0. The fraction of sp³-hybridized carbons (Fsp3) is 1.00. The van der Waals surface area contributed by atoms with Crippen LogP contribution in [0.25, 0.3) is 0 Å². The molecule has 0 bridgehead atoms. The summed E-state index contributed by atoms with van der Waals surface area (Å²) in [5.41, 5.74) is 6.29. The molecule has 2 rings (SSSR count). The molecule has 1 saturated carbocycles. The van der Waals surface area contributed by atoms with Crippen LogP contribution in [0.3, 0.4) is 0 Å². The van der Waals surface area contributed by atoms with Crippen molar-refractivity contribution in [1.29, 1.82) is 0 Å². The third-order valence-electron chi connectivity index (χ3n) is 3.89. The van der Waals surface area contributed by atoms with Gasteiger partial charge in [-0.2, -0.15) is 0 Å². The van der Waals surface area contributed by atoms with Crippen LogP contribution in [-0.2, 0) is 0 Å². The van der Waals surface area contributed by atoms with Crippen molar-refractivity contribution in [2.24, 2.45) is 11.7 Å². The molecular weight excluding hydrogens is 160 g/mol. The Balaban J connectivity index is 1.92. The average molecular weight is 182 g/mol. The fourth-order valence-corrected chi connectivity index (χ4v) is 2.53. The number of hydrogen-bond acceptors (Lipinski definition) is 2. The van der Waals surface area contributed by atoms with Gasteiger partial charge in [-0.25, -0.2) is 0 Å². The molecule has 0 radical (unpaired) electrons. The summed E-state index contributed by atoms with van der Waals surface area (Å²) in [6, 6.07) is 0. The second-order valence-corrected chi connectivity index (χ2v) is 4.95. The number of nitrogens with two attached hydrogens (primary N) is 1. The molecule has 0 spiro atoms. The van der Waals surface area contributed by atoms with Crippen LogP contribution in [0.1, 0.15) is 39.0 Å². The smallest absolute Gasteiger partial charge is 0.0333 e. The van der Waals surface area contributed by atoms with Crippen LogP contribution in [0, 0.1) is 5.92 Å². The van der Waals surface area contributed by atoms with Gasteiger partial charge in [0.05, 0.1) is 0 Å². The first kappa shape index (κ1) is 9.47. The fourth-order valence-electron chi connectivity index (χ4n) is 2.53. The van der Waals surface area contributed by atoms with Gasteiger partial charge >= 0.3 is 0 Å². The number of nitrogens with zero attached hydrogens (tertiary/aromatic N) is 1. The van der Waals surface area contributed by atoms with E-state index in [0.717, 1.165) is 12.5 Å². The molecule has 0 aromatic carbocycles. The van der Waals surface area contributed by atoms with Gasteiger partial charge < -0.3 is 5.73 Å². The summed E-state index contributed by atoms with van der Waals surface area (Å²) < 4.78 is 0. The Bertz CT molecular complexity index is 175. The molecule has 76 valence electrons. The minimum atomic E-state index is 0.448. The Hall–Kier alpha value is -0.0800. The third kappa shape index (κ3) is 1.89. The summed E-state index contributed by atoms with van der Waals surface area (Å²) in [6.45, 7) is 5.84. The van der Waals surface area contributed by atoms with Gasteiger partial charge in [-0.05, 0) is 51.1 Å². The first-order valence-corrected chi connectivity index (χ1v) is 5.72.